The molecule has 2 aliphatic heterocycles. The van der Waals surface area contributed by atoms with Crippen LogP contribution in [0.1, 0.15) is 32.1 Å². The van der Waals surface area contributed by atoms with E-state index in [-0.39, 0.29) is 11.8 Å². The van der Waals surface area contributed by atoms with Gasteiger partial charge in [-0.25, -0.2) is 0 Å². The molecule has 2 aliphatic rings. The van der Waals surface area contributed by atoms with Gasteiger partial charge in [0, 0.05) is 57.6 Å². The second-order valence-corrected chi connectivity index (χ2v) is 9.69. The highest BCUT2D eigenvalue weighted by atomic mass is 32.2. The molecule has 0 unspecified atom stereocenters. The number of anilines is 2. The first-order valence-electron chi connectivity index (χ1n) is 9.71. The van der Waals surface area contributed by atoms with Crippen LogP contribution in [0.2, 0.25) is 0 Å². The van der Waals surface area contributed by atoms with E-state index < -0.39 is 10.2 Å². The van der Waals surface area contributed by atoms with Gasteiger partial charge in [0.05, 0.1) is 0 Å². The van der Waals surface area contributed by atoms with Crippen LogP contribution >= 0.6 is 0 Å². The number of benzene rings is 1. The molecule has 150 valence electrons. The zero-order valence-corrected chi connectivity index (χ0v) is 17.0. The van der Waals surface area contributed by atoms with Gasteiger partial charge in [-0.2, -0.15) is 17.0 Å². The summed E-state index contributed by atoms with van der Waals surface area (Å²) in [6, 6.07) is 8.03. The van der Waals surface area contributed by atoms with Crippen LogP contribution in [0.15, 0.2) is 24.3 Å². The topological polar surface area (TPSA) is 73.0 Å². The summed E-state index contributed by atoms with van der Waals surface area (Å²) in [5.41, 5.74) is 2.00. The highest BCUT2D eigenvalue weighted by Gasteiger charge is 2.32. The lowest BCUT2D eigenvalue weighted by atomic mass is 9.97. The van der Waals surface area contributed by atoms with Crippen molar-refractivity contribution in [3.05, 3.63) is 24.3 Å². The van der Waals surface area contributed by atoms with Gasteiger partial charge < -0.3 is 10.2 Å². The summed E-state index contributed by atoms with van der Waals surface area (Å²) in [7, 11) is -0.334. The van der Waals surface area contributed by atoms with Gasteiger partial charge in [-0.1, -0.05) is 0 Å². The number of hydrogen-bond donors (Lipinski definition) is 1. The molecule has 2 heterocycles. The normalized spacial score (nSPS) is 20.0. The van der Waals surface area contributed by atoms with Crippen LogP contribution in [-0.4, -0.2) is 63.2 Å². The fourth-order valence-electron chi connectivity index (χ4n) is 3.73. The Kier molecular flexibility index (Phi) is 6.39. The Morgan fingerprint density at radius 2 is 1.59 bits per heavy atom. The van der Waals surface area contributed by atoms with E-state index in [2.05, 4.69) is 22.3 Å². The fourth-order valence-corrected chi connectivity index (χ4v) is 4.87. The van der Waals surface area contributed by atoms with E-state index in [0.29, 0.717) is 25.9 Å². The summed E-state index contributed by atoms with van der Waals surface area (Å²) < 4.78 is 27.0. The maximum absolute atomic E-state index is 12.5. The number of carbonyl (C=O) groups excluding carboxylic acids is 1. The molecule has 1 amide bonds. The summed E-state index contributed by atoms with van der Waals surface area (Å²) in [5.74, 6) is -0.178. The smallest absolute Gasteiger partial charge is 0.281 e. The summed E-state index contributed by atoms with van der Waals surface area (Å²) >= 11 is 0. The average Bonchev–Trinajstić information content (AvgIpc) is 2.69. The van der Waals surface area contributed by atoms with Gasteiger partial charge in [0.15, 0.2) is 0 Å². The Morgan fingerprint density at radius 1 is 1.00 bits per heavy atom. The minimum atomic E-state index is -3.39. The average molecular weight is 395 g/mol. The van der Waals surface area contributed by atoms with Crippen molar-refractivity contribution in [2.24, 2.45) is 5.92 Å². The lowest BCUT2D eigenvalue weighted by molar-refractivity contribution is -0.120. The standard InChI is InChI=1S/C19H30N4O3S/c1-21(2)27(25,26)23-14-10-16(11-15-23)19(24)20-17-6-8-18(9-7-17)22-12-4-3-5-13-22/h6-9,16H,3-5,10-15H2,1-2H3,(H,20,24). The van der Waals surface area contributed by atoms with E-state index in [0.717, 1.165) is 18.8 Å². The van der Waals surface area contributed by atoms with Gasteiger partial charge in [0.2, 0.25) is 5.91 Å². The van der Waals surface area contributed by atoms with Crippen LogP contribution < -0.4 is 10.2 Å². The Labute approximate surface area is 162 Å². The largest absolute Gasteiger partial charge is 0.372 e. The van der Waals surface area contributed by atoms with Crippen LogP contribution in [0, 0.1) is 5.92 Å². The van der Waals surface area contributed by atoms with E-state index in [1.807, 2.05) is 12.1 Å². The molecule has 0 bridgehead atoms. The van der Waals surface area contributed by atoms with Crippen LogP contribution in [0.25, 0.3) is 0 Å². The predicted molar refractivity (Wildman–Crippen MR) is 108 cm³/mol. The summed E-state index contributed by atoms with van der Waals surface area (Å²) in [6.45, 7) is 2.96. The molecule has 8 heteroatoms. The first-order chi connectivity index (χ1) is 12.9. The van der Waals surface area contributed by atoms with E-state index in [1.165, 1.54) is 47.7 Å². The zero-order chi connectivity index (χ0) is 19.4. The third-order valence-corrected chi connectivity index (χ3v) is 7.41. The molecular weight excluding hydrogens is 364 g/mol. The quantitative estimate of drug-likeness (QED) is 0.830. The first kappa shape index (κ1) is 20.1. The van der Waals surface area contributed by atoms with Crippen molar-refractivity contribution in [2.45, 2.75) is 32.1 Å². The van der Waals surface area contributed by atoms with Gasteiger partial charge in [-0.05, 0) is 56.4 Å². The molecule has 1 aromatic rings. The van der Waals surface area contributed by atoms with E-state index in [4.69, 9.17) is 0 Å². The molecule has 0 radical (unpaired) electrons. The number of nitrogens with one attached hydrogen (secondary N) is 1. The molecule has 0 spiro atoms. The van der Waals surface area contributed by atoms with Crippen molar-refractivity contribution in [1.29, 1.82) is 0 Å². The zero-order valence-electron chi connectivity index (χ0n) is 16.2. The molecule has 0 saturated carbocycles. The molecule has 1 N–H and O–H groups in total. The maximum Gasteiger partial charge on any atom is 0.281 e. The van der Waals surface area contributed by atoms with Gasteiger partial charge in [0.1, 0.15) is 0 Å². The molecule has 0 aromatic heterocycles. The highest BCUT2D eigenvalue weighted by molar-refractivity contribution is 7.86. The van der Waals surface area contributed by atoms with Crippen molar-refractivity contribution in [1.82, 2.24) is 8.61 Å². The Bertz CT molecular complexity index is 735. The molecule has 3 rings (SSSR count). The molecule has 0 atom stereocenters. The molecular formula is C19H30N4O3S. The summed E-state index contributed by atoms with van der Waals surface area (Å²) in [6.07, 6.45) is 4.87. The van der Waals surface area contributed by atoms with Gasteiger partial charge in [0.25, 0.3) is 10.2 Å². The maximum atomic E-state index is 12.5. The second-order valence-electron chi connectivity index (χ2n) is 7.55. The Hall–Kier alpha value is -1.64. The van der Waals surface area contributed by atoms with Crippen molar-refractivity contribution >= 4 is 27.5 Å². The lowest BCUT2D eigenvalue weighted by Gasteiger charge is -2.32. The summed E-state index contributed by atoms with van der Waals surface area (Å²) in [4.78, 5) is 14.9. The number of hydrogen-bond acceptors (Lipinski definition) is 4. The molecule has 1 aromatic carbocycles. The number of carbonyl (C=O) groups is 1. The number of piperidine rings is 2. The Morgan fingerprint density at radius 3 is 2.15 bits per heavy atom. The number of amides is 1. The van der Waals surface area contributed by atoms with Crippen LogP contribution in [-0.2, 0) is 15.0 Å². The molecule has 27 heavy (non-hydrogen) atoms. The fraction of sp³-hybridized carbons (Fsp3) is 0.632. The van der Waals surface area contributed by atoms with E-state index >= 15 is 0 Å². The molecule has 7 nitrogen and oxygen atoms in total. The second kappa shape index (κ2) is 8.58. The first-order valence-corrected chi connectivity index (χ1v) is 11.1. The van der Waals surface area contributed by atoms with Crippen molar-refractivity contribution in [2.75, 3.05) is 50.5 Å². The van der Waals surface area contributed by atoms with E-state index in [9.17, 15) is 13.2 Å². The Balaban J connectivity index is 1.52. The predicted octanol–water partition coefficient (Wildman–Crippen LogP) is 2.13. The number of rotatable bonds is 5. The van der Waals surface area contributed by atoms with Crippen LogP contribution in [0.3, 0.4) is 0 Å². The van der Waals surface area contributed by atoms with Gasteiger partial charge in [-0.3, -0.25) is 4.79 Å². The van der Waals surface area contributed by atoms with Crippen LogP contribution in [0.5, 0.6) is 0 Å². The monoisotopic (exact) mass is 394 g/mol. The number of nitrogens with zero attached hydrogens (tertiary/aromatic N) is 3. The molecule has 0 aliphatic carbocycles. The minimum absolute atomic E-state index is 0.0253. The lowest BCUT2D eigenvalue weighted by Crippen LogP contribution is -2.46. The van der Waals surface area contributed by atoms with E-state index in [1.54, 1.807) is 0 Å². The SMILES string of the molecule is CN(C)S(=O)(=O)N1CCC(C(=O)Nc2ccc(N3CCCCC3)cc2)CC1. The van der Waals surface area contributed by atoms with Crippen molar-refractivity contribution in [3.8, 4) is 0 Å². The molecule has 2 saturated heterocycles. The van der Waals surface area contributed by atoms with Gasteiger partial charge in [-0.15, -0.1) is 0 Å². The van der Waals surface area contributed by atoms with Crippen LogP contribution in [0.4, 0.5) is 11.4 Å². The minimum Gasteiger partial charge on any atom is -0.372 e. The van der Waals surface area contributed by atoms with Crippen molar-refractivity contribution < 1.29 is 13.2 Å². The van der Waals surface area contributed by atoms with Crippen molar-refractivity contribution in [3.63, 3.8) is 0 Å². The highest BCUT2D eigenvalue weighted by Crippen LogP contribution is 2.24. The molecule has 2 fully saturated rings. The van der Waals surface area contributed by atoms with Gasteiger partial charge >= 0.3 is 0 Å². The third kappa shape index (κ3) is 4.80. The summed E-state index contributed by atoms with van der Waals surface area (Å²) in [5, 5.41) is 2.98. The third-order valence-electron chi connectivity index (χ3n) is 5.47.